The Morgan fingerprint density at radius 3 is 2.45 bits per heavy atom. The quantitative estimate of drug-likeness (QED) is 0.462. The van der Waals surface area contributed by atoms with Crippen LogP contribution in [-0.4, -0.2) is 78.0 Å². The molecule has 1 saturated heterocycles. The Morgan fingerprint density at radius 1 is 1.30 bits per heavy atom. The minimum absolute atomic E-state index is 0.234. The Labute approximate surface area is 115 Å². The van der Waals surface area contributed by atoms with E-state index in [2.05, 4.69) is 10.6 Å². The van der Waals surface area contributed by atoms with E-state index in [1.165, 1.54) is 6.92 Å². The van der Waals surface area contributed by atoms with E-state index in [1.54, 1.807) is 4.90 Å². The summed E-state index contributed by atoms with van der Waals surface area (Å²) < 4.78 is 5.12. The summed E-state index contributed by atoms with van der Waals surface area (Å²) in [6, 6.07) is -1.45. The van der Waals surface area contributed by atoms with Crippen molar-refractivity contribution >= 4 is 17.9 Å². The van der Waals surface area contributed by atoms with Crippen LogP contribution in [0.3, 0.4) is 0 Å². The number of aliphatic carboxylic acids is 1. The molecule has 1 rings (SSSR count). The van der Waals surface area contributed by atoms with E-state index in [0.29, 0.717) is 26.3 Å². The first-order valence-corrected chi connectivity index (χ1v) is 6.23. The zero-order valence-electron chi connectivity index (χ0n) is 11.2. The maximum atomic E-state index is 12.0. The van der Waals surface area contributed by atoms with Gasteiger partial charge >= 0.3 is 12.0 Å². The first-order chi connectivity index (χ1) is 9.41. The van der Waals surface area contributed by atoms with E-state index in [-0.39, 0.29) is 5.91 Å². The second-order valence-electron chi connectivity index (χ2n) is 4.37. The number of morpholine rings is 1. The third-order valence-electron chi connectivity index (χ3n) is 2.78. The van der Waals surface area contributed by atoms with Crippen LogP contribution in [0.2, 0.25) is 0 Å². The van der Waals surface area contributed by atoms with E-state index in [0.717, 1.165) is 0 Å². The fraction of sp³-hybridized carbons (Fsp3) is 0.727. The smallest absolute Gasteiger partial charge is 0.334 e. The highest BCUT2D eigenvalue weighted by atomic mass is 16.5. The number of rotatable bonds is 5. The van der Waals surface area contributed by atoms with E-state index in [9.17, 15) is 14.4 Å². The Bertz CT molecular complexity index is 369. The van der Waals surface area contributed by atoms with E-state index in [4.69, 9.17) is 14.9 Å². The SMILES string of the molecule is CC(NC(=O)NCC(O)C(=O)O)C(=O)N1CCOCC1. The number of amides is 3. The fourth-order valence-electron chi connectivity index (χ4n) is 1.64. The van der Waals surface area contributed by atoms with Crippen LogP contribution in [0.1, 0.15) is 6.92 Å². The molecule has 0 saturated carbocycles. The first kappa shape index (κ1) is 16.2. The van der Waals surface area contributed by atoms with Gasteiger partial charge in [-0.25, -0.2) is 9.59 Å². The maximum Gasteiger partial charge on any atom is 0.334 e. The molecule has 1 heterocycles. The summed E-state index contributed by atoms with van der Waals surface area (Å²) in [5.41, 5.74) is 0. The van der Waals surface area contributed by atoms with Crippen molar-refractivity contribution < 1.29 is 29.3 Å². The molecular weight excluding hydrogens is 270 g/mol. The van der Waals surface area contributed by atoms with Crippen molar-refractivity contribution in [3.05, 3.63) is 0 Å². The fourth-order valence-corrected chi connectivity index (χ4v) is 1.64. The van der Waals surface area contributed by atoms with Crippen molar-refractivity contribution in [1.29, 1.82) is 0 Å². The third-order valence-corrected chi connectivity index (χ3v) is 2.78. The van der Waals surface area contributed by atoms with Crippen molar-refractivity contribution in [3.63, 3.8) is 0 Å². The minimum atomic E-state index is -1.67. The molecule has 2 unspecified atom stereocenters. The van der Waals surface area contributed by atoms with Crippen molar-refractivity contribution in [2.75, 3.05) is 32.8 Å². The molecule has 0 aromatic heterocycles. The number of carboxylic acids is 1. The Kier molecular flexibility index (Phi) is 6.19. The molecule has 0 aliphatic carbocycles. The average molecular weight is 289 g/mol. The van der Waals surface area contributed by atoms with Gasteiger partial charge in [-0.2, -0.15) is 0 Å². The second-order valence-corrected chi connectivity index (χ2v) is 4.37. The largest absolute Gasteiger partial charge is 0.479 e. The monoisotopic (exact) mass is 289 g/mol. The molecule has 3 amide bonds. The number of carboxylic acid groups (broad SMARTS) is 1. The number of aliphatic hydroxyl groups is 1. The van der Waals surface area contributed by atoms with Crippen molar-refractivity contribution in [2.24, 2.45) is 0 Å². The van der Waals surface area contributed by atoms with E-state index in [1.807, 2.05) is 0 Å². The standard InChI is InChI=1S/C11H19N3O6/c1-7(9(16)14-2-4-20-5-3-14)13-11(19)12-6-8(15)10(17)18/h7-8,15H,2-6H2,1H3,(H,17,18)(H2,12,13,19). The summed E-state index contributed by atoms with van der Waals surface area (Å²) in [5.74, 6) is -1.66. The lowest BCUT2D eigenvalue weighted by Gasteiger charge is -2.29. The van der Waals surface area contributed by atoms with Crippen LogP contribution in [0.15, 0.2) is 0 Å². The van der Waals surface area contributed by atoms with Crippen LogP contribution < -0.4 is 10.6 Å². The molecule has 4 N–H and O–H groups in total. The molecule has 2 atom stereocenters. The number of ether oxygens (including phenoxy) is 1. The zero-order chi connectivity index (χ0) is 15.1. The molecular formula is C11H19N3O6. The molecule has 9 nitrogen and oxygen atoms in total. The molecule has 0 bridgehead atoms. The number of urea groups is 1. The van der Waals surface area contributed by atoms with Gasteiger partial charge in [-0.3, -0.25) is 4.79 Å². The van der Waals surface area contributed by atoms with Gasteiger partial charge in [0, 0.05) is 13.1 Å². The topological polar surface area (TPSA) is 128 Å². The van der Waals surface area contributed by atoms with Gasteiger partial charge in [0.25, 0.3) is 0 Å². The minimum Gasteiger partial charge on any atom is -0.479 e. The van der Waals surface area contributed by atoms with Crippen LogP contribution in [0.4, 0.5) is 4.79 Å². The Hall–Kier alpha value is -1.87. The van der Waals surface area contributed by atoms with Gasteiger partial charge in [0.15, 0.2) is 6.10 Å². The maximum absolute atomic E-state index is 12.0. The molecule has 0 radical (unpaired) electrons. The molecule has 1 aliphatic heterocycles. The molecule has 0 aromatic carbocycles. The first-order valence-electron chi connectivity index (χ1n) is 6.23. The van der Waals surface area contributed by atoms with Gasteiger partial charge in [-0.05, 0) is 6.92 Å². The van der Waals surface area contributed by atoms with E-state index >= 15 is 0 Å². The lowest BCUT2D eigenvalue weighted by atomic mass is 10.2. The molecule has 0 aromatic rings. The third kappa shape index (κ3) is 5.02. The molecule has 1 aliphatic rings. The number of hydrogen-bond acceptors (Lipinski definition) is 5. The van der Waals surface area contributed by atoms with Crippen LogP contribution >= 0.6 is 0 Å². The number of carbonyl (C=O) groups excluding carboxylic acids is 2. The highest BCUT2D eigenvalue weighted by Crippen LogP contribution is 2.00. The number of nitrogens with one attached hydrogen (secondary N) is 2. The Balaban J connectivity index is 2.33. The summed E-state index contributed by atoms with van der Waals surface area (Å²) in [6.45, 7) is 2.99. The van der Waals surface area contributed by atoms with Gasteiger partial charge in [-0.1, -0.05) is 0 Å². The second kappa shape index (κ2) is 7.65. The Morgan fingerprint density at radius 2 is 1.90 bits per heavy atom. The molecule has 114 valence electrons. The summed E-state index contributed by atoms with van der Waals surface area (Å²) in [6.07, 6.45) is -1.67. The van der Waals surface area contributed by atoms with Crippen molar-refractivity contribution in [3.8, 4) is 0 Å². The summed E-state index contributed by atoms with van der Waals surface area (Å²) in [7, 11) is 0. The number of hydrogen-bond donors (Lipinski definition) is 4. The molecule has 0 spiro atoms. The highest BCUT2D eigenvalue weighted by Gasteiger charge is 2.24. The van der Waals surface area contributed by atoms with Gasteiger partial charge in [0.05, 0.1) is 19.8 Å². The lowest BCUT2D eigenvalue weighted by Crippen LogP contribution is -2.53. The van der Waals surface area contributed by atoms with Crippen LogP contribution in [0.25, 0.3) is 0 Å². The van der Waals surface area contributed by atoms with Crippen LogP contribution in [-0.2, 0) is 14.3 Å². The molecule has 20 heavy (non-hydrogen) atoms. The predicted octanol–water partition coefficient (Wildman–Crippen LogP) is -2.02. The summed E-state index contributed by atoms with van der Waals surface area (Å²) in [4.78, 5) is 35.3. The van der Waals surface area contributed by atoms with Gasteiger partial charge < -0.3 is 30.5 Å². The summed E-state index contributed by atoms with van der Waals surface area (Å²) >= 11 is 0. The number of nitrogens with zero attached hydrogens (tertiary/aromatic N) is 1. The van der Waals surface area contributed by atoms with E-state index < -0.39 is 30.7 Å². The average Bonchev–Trinajstić information content (AvgIpc) is 2.44. The predicted molar refractivity (Wildman–Crippen MR) is 67.0 cm³/mol. The number of carbonyl (C=O) groups is 3. The number of aliphatic hydroxyl groups excluding tert-OH is 1. The lowest BCUT2D eigenvalue weighted by molar-refractivity contribution is -0.146. The van der Waals surface area contributed by atoms with Crippen molar-refractivity contribution in [1.82, 2.24) is 15.5 Å². The van der Waals surface area contributed by atoms with Crippen LogP contribution in [0, 0.1) is 0 Å². The zero-order valence-corrected chi connectivity index (χ0v) is 11.2. The van der Waals surface area contributed by atoms with Crippen LogP contribution in [0.5, 0.6) is 0 Å². The van der Waals surface area contributed by atoms with Gasteiger partial charge in [0.2, 0.25) is 5.91 Å². The van der Waals surface area contributed by atoms with Crippen molar-refractivity contribution in [2.45, 2.75) is 19.1 Å². The van der Waals surface area contributed by atoms with Gasteiger partial charge in [-0.15, -0.1) is 0 Å². The normalized spacial score (nSPS) is 18.0. The summed E-state index contributed by atoms with van der Waals surface area (Å²) in [5, 5.41) is 22.0. The highest BCUT2D eigenvalue weighted by molar-refractivity contribution is 5.87. The molecule has 1 fully saturated rings. The van der Waals surface area contributed by atoms with Gasteiger partial charge in [0.1, 0.15) is 6.04 Å². The molecule has 9 heteroatoms.